The van der Waals surface area contributed by atoms with E-state index in [0.717, 1.165) is 5.56 Å². The lowest BCUT2D eigenvalue weighted by Gasteiger charge is -2.04. The number of carbonyl (C=O) groups is 1. The van der Waals surface area contributed by atoms with Crippen LogP contribution in [0.1, 0.15) is 15.2 Å². The van der Waals surface area contributed by atoms with Gasteiger partial charge in [0.25, 0.3) is 0 Å². The monoisotopic (exact) mass is 340 g/mol. The predicted molar refractivity (Wildman–Crippen MR) is 83.9 cm³/mol. The van der Waals surface area contributed by atoms with E-state index < -0.39 is 0 Å². The van der Waals surface area contributed by atoms with Crippen LogP contribution in [0.2, 0.25) is 5.15 Å². The topological polar surface area (TPSA) is 77.0 Å². The van der Waals surface area contributed by atoms with Crippen LogP contribution in [-0.4, -0.2) is 28.0 Å². The molecule has 3 heterocycles. The van der Waals surface area contributed by atoms with E-state index in [1.807, 2.05) is 12.3 Å². The number of aryl methyl sites for hydroxylation is 1. The fourth-order valence-electron chi connectivity index (χ4n) is 1.73. The van der Waals surface area contributed by atoms with Crippen LogP contribution in [0.5, 0.6) is 0 Å². The van der Waals surface area contributed by atoms with Crippen LogP contribution < -0.4 is 5.32 Å². The van der Waals surface area contributed by atoms with Gasteiger partial charge in [-0.3, -0.25) is 0 Å². The number of fused-ring (bicyclic) bond motifs is 1. The number of nitrogens with one attached hydrogen (secondary N) is 1. The first kappa shape index (κ1) is 14.2. The Morgan fingerprint density at radius 2 is 2.24 bits per heavy atom. The number of thiophene rings is 1. The van der Waals surface area contributed by atoms with Crippen LogP contribution in [0.15, 0.2) is 11.7 Å². The van der Waals surface area contributed by atoms with Crippen LogP contribution in [-0.2, 0) is 4.74 Å². The van der Waals surface area contributed by atoms with Crippen molar-refractivity contribution in [2.24, 2.45) is 0 Å². The second kappa shape index (κ2) is 5.55. The lowest BCUT2D eigenvalue weighted by molar-refractivity contribution is 0.0607. The predicted octanol–water partition coefficient (Wildman–Crippen LogP) is 3.64. The third-order valence-electron chi connectivity index (χ3n) is 2.73. The van der Waals surface area contributed by atoms with Crippen molar-refractivity contribution in [3.05, 3.63) is 27.3 Å². The Bertz CT molecular complexity index is 830. The SMILES string of the molecule is COC(=O)c1scc(C)c1Nc1nc2c(Cl)ncnc2s1. The second-order valence-corrected chi connectivity index (χ2v) is 6.29. The Morgan fingerprint density at radius 3 is 2.95 bits per heavy atom. The minimum Gasteiger partial charge on any atom is -0.465 e. The fraction of sp³-hybridized carbons (Fsp3) is 0.167. The van der Waals surface area contributed by atoms with E-state index in [-0.39, 0.29) is 5.97 Å². The van der Waals surface area contributed by atoms with Crippen molar-refractivity contribution >= 4 is 61.4 Å². The van der Waals surface area contributed by atoms with Crippen molar-refractivity contribution in [1.29, 1.82) is 0 Å². The number of halogens is 1. The largest absolute Gasteiger partial charge is 0.465 e. The van der Waals surface area contributed by atoms with E-state index in [2.05, 4.69) is 20.3 Å². The summed E-state index contributed by atoms with van der Waals surface area (Å²) in [7, 11) is 1.36. The van der Waals surface area contributed by atoms with Gasteiger partial charge in [0.1, 0.15) is 21.6 Å². The maximum absolute atomic E-state index is 11.8. The molecular weight excluding hydrogens is 332 g/mol. The van der Waals surface area contributed by atoms with E-state index >= 15 is 0 Å². The number of methoxy groups -OCH3 is 1. The molecular formula is C12H9ClN4O2S2. The lowest BCUT2D eigenvalue weighted by Crippen LogP contribution is -2.02. The van der Waals surface area contributed by atoms with Gasteiger partial charge in [0.2, 0.25) is 0 Å². The molecule has 0 bridgehead atoms. The van der Waals surface area contributed by atoms with E-state index in [9.17, 15) is 4.79 Å². The van der Waals surface area contributed by atoms with Crippen LogP contribution >= 0.6 is 34.3 Å². The van der Waals surface area contributed by atoms with Crippen LogP contribution in [0, 0.1) is 6.92 Å². The summed E-state index contributed by atoms with van der Waals surface area (Å²) in [5.74, 6) is -0.380. The van der Waals surface area contributed by atoms with Gasteiger partial charge >= 0.3 is 5.97 Å². The third-order valence-corrected chi connectivity index (χ3v) is 4.96. The molecule has 3 aromatic rings. The first-order valence-corrected chi connectivity index (χ1v) is 7.88. The number of thiazole rings is 1. The highest BCUT2D eigenvalue weighted by Crippen LogP contribution is 2.34. The van der Waals surface area contributed by atoms with Gasteiger partial charge in [0, 0.05) is 0 Å². The highest BCUT2D eigenvalue weighted by Gasteiger charge is 2.18. The van der Waals surface area contributed by atoms with Crippen molar-refractivity contribution < 1.29 is 9.53 Å². The summed E-state index contributed by atoms with van der Waals surface area (Å²) in [6, 6.07) is 0. The van der Waals surface area contributed by atoms with Crippen molar-refractivity contribution in [3.8, 4) is 0 Å². The Hall–Kier alpha value is -1.77. The summed E-state index contributed by atoms with van der Waals surface area (Å²) in [4.78, 5) is 25.3. The molecule has 0 spiro atoms. The molecule has 3 aromatic heterocycles. The number of rotatable bonds is 3. The standard InChI is InChI=1S/C12H9ClN4O2S2/c1-5-3-20-8(11(18)19-2)6(5)16-12-17-7-9(13)14-4-15-10(7)21-12/h3-4H,1-2H3,(H,16,17). The molecule has 6 nitrogen and oxygen atoms in total. The molecule has 0 aliphatic heterocycles. The Labute approximate surface area is 132 Å². The molecule has 3 rings (SSSR count). The number of esters is 1. The van der Waals surface area contributed by atoms with Gasteiger partial charge < -0.3 is 10.1 Å². The van der Waals surface area contributed by atoms with Crippen LogP contribution in [0.25, 0.3) is 10.3 Å². The van der Waals surface area contributed by atoms with Crippen molar-refractivity contribution in [2.75, 3.05) is 12.4 Å². The normalized spacial score (nSPS) is 10.8. The van der Waals surface area contributed by atoms with Gasteiger partial charge in [-0.15, -0.1) is 11.3 Å². The maximum Gasteiger partial charge on any atom is 0.350 e. The molecule has 1 N–H and O–H groups in total. The molecule has 0 aromatic carbocycles. The molecule has 9 heteroatoms. The van der Waals surface area contributed by atoms with E-state index in [1.54, 1.807) is 0 Å². The number of carbonyl (C=O) groups excluding carboxylic acids is 1. The first-order chi connectivity index (χ1) is 10.1. The van der Waals surface area contributed by atoms with E-state index in [0.29, 0.717) is 31.2 Å². The molecule has 0 saturated carbocycles. The number of ether oxygens (including phenoxy) is 1. The quantitative estimate of drug-likeness (QED) is 0.579. The second-order valence-electron chi connectivity index (χ2n) is 4.08. The molecule has 108 valence electrons. The van der Waals surface area contributed by atoms with Gasteiger partial charge in [-0.25, -0.2) is 19.7 Å². The van der Waals surface area contributed by atoms with Crippen molar-refractivity contribution in [1.82, 2.24) is 15.0 Å². The molecule has 0 aliphatic rings. The summed E-state index contributed by atoms with van der Waals surface area (Å²) in [6.07, 6.45) is 1.39. The van der Waals surface area contributed by atoms with Gasteiger partial charge in [-0.05, 0) is 17.9 Å². The lowest BCUT2D eigenvalue weighted by atomic mass is 10.3. The molecule has 0 amide bonds. The average Bonchev–Trinajstić information content (AvgIpc) is 3.04. The van der Waals surface area contributed by atoms with Gasteiger partial charge in [0.05, 0.1) is 12.8 Å². The van der Waals surface area contributed by atoms with Gasteiger partial charge in [0.15, 0.2) is 10.3 Å². The molecule has 0 unspecified atom stereocenters. The first-order valence-electron chi connectivity index (χ1n) is 5.80. The highest BCUT2D eigenvalue weighted by molar-refractivity contribution is 7.22. The Morgan fingerprint density at radius 1 is 1.43 bits per heavy atom. The number of nitrogens with zero attached hydrogens (tertiary/aromatic N) is 3. The van der Waals surface area contributed by atoms with Gasteiger partial charge in [-0.1, -0.05) is 22.9 Å². The van der Waals surface area contributed by atoms with Crippen molar-refractivity contribution in [2.45, 2.75) is 6.92 Å². The average molecular weight is 341 g/mol. The van der Waals surface area contributed by atoms with Crippen LogP contribution in [0.4, 0.5) is 10.8 Å². The molecule has 0 radical (unpaired) electrons. The smallest absolute Gasteiger partial charge is 0.350 e. The number of hydrogen-bond donors (Lipinski definition) is 1. The molecule has 0 atom stereocenters. The van der Waals surface area contributed by atoms with Gasteiger partial charge in [-0.2, -0.15) is 0 Å². The summed E-state index contributed by atoms with van der Waals surface area (Å²) in [5, 5.41) is 5.93. The fourth-order valence-corrected chi connectivity index (χ4v) is 3.70. The maximum atomic E-state index is 11.8. The zero-order valence-corrected chi connectivity index (χ0v) is 13.4. The molecule has 21 heavy (non-hydrogen) atoms. The zero-order valence-electron chi connectivity index (χ0n) is 11.0. The van der Waals surface area contributed by atoms with E-state index in [4.69, 9.17) is 16.3 Å². The summed E-state index contributed by atoms with van der Waals surface area (Å²) >= 11 is 8.65. The number of anilines is 2. The summed E-state index contributed by atoms with van der Waals surface area (Å²) in [6.45, 7) is 1.91. The minimum atomic E-state index is -0.380. The third kappa shape index (κ3) is 2.57. The summed E-state index contributed by atoms with van der Waals surface area (Å²) < 4.78 is 4.78. The summed E-state index contributed by atoms with van der Waals surface area (Å²) in [5.41, 5.74) is 2.17. The molecule has 0 saturated heterocycles. The highest BCUT2D eigenvalue weighted by atomic mass is 35.5. The minimum absolute atomic E-state index is 0.305. The number of aromatic nitrogens is 3. The molecule has 0 fully saturated rings. The molecule has 0 aliphatic carbocycles. The van der Waals surface area contributed by atoms with Crippen molar-refractivity contribution in [3.63, 3.8) is 0 Å². The Balaban J connectivity index is 2.01. The van der Waals surface area contributed by atoms with E-state index in [1.165, 1.54) is 36.1 Å². The Kier molecular flexibility index (Phi) is 3.75. The zero-order chi connectivity index (χ0) is 15.0. The number of hydrogen-bond acceptors (Lipinski definition) is 8. The van der Waals surface area contributed by atoms with Crippen LogP contribution in [0.3, 0.4) is 0 Å².